The maximum absolute atomic E-state index is 12.2. The summed E-state index contributed by atoms with van der Waals surface area (Å²) in [7, 11) is 1.32. The maximum Gasteiger partial charge on any atom is 0.354 e. The summed E-state index contributed by atoms with van der Waals surface area (Å²) in [5, 5.41) is 4.98. The van der Waals surface area contributed by atoms with E-state index in [0.717, 1.165) is 11.1 Å². The van der Waals surface area contributed by atoms with Crippen LogP contribution in [0.1, 0.15) is 16.1 Å². The number of aromatic nitrogens is 2. The van der Waals surface area contributed by atoms with Crippen molar-refractivity contribution in [3.8, 4) is 22.8 Å². The highest BCUT2D eigenvalue weighted by Crippen LogP contribution is 2.31. The van der Waals surface area contributed by atoms with Gasteiger partial charge in [0.1, 0.15) is 18.9 Å². The minimum absolute atomic E-state index is 0.301. The minimum atomic E-state index is -0.454. The smallest absolute Gasteiger partial charge is 0.354 e. The molecule has 0 atom stereocenters. The lowest BCUT2D eigenvalue weighted by Crippen LogP contribution is -2.15. The number of nitrogens with zero attached hydrogens (tertiary/aromatic N) is 1. The number of aromatic amines is 1. The molecule has 8 nitrogen and oxygen atoms in total. The van der Waals surface area contributed by atoms with E-state index in [-0.39, 0.29) is 5.91 Å². The Hall–Kier alpha value is -3.59. The second kappa shape index (κ2) is 8.19. The molecule has 0 spiro atoms. The van der Waals surface area contributed by atoms with Gasteiger partial charge in [0.25, 0.3) is 0 Å². The summed E-state index contributed by atoms with van der Waals surface area (Å²) in [4.78, 5) is 30.9. The summed E-state index contributed by atoms with van der Waals surface area (Å²) in [6.45, 7) is 1.04. The Morgan fingerprint density at radius 3 is 2.90 bits per heavy atom. The first-order valence-electron chi connectivity index (χ1n) is 8.74. The fourth-order valence-corrected chi connectivity index (χ4v) is 3.44. The number of nitrogens with one attached hydrogen (secondary N) is 2. The van der Waals surface area contributed by atoms with Gasteiger partial charge in [-0.05, 0) is 29.8 Å². The van der Waals surface area contributed by atoms with Crippen LogP contribution in [0.2, 0.25) is 0 Å². The Labute approximate surface area is 170 Å². The van der Waals surface area contributed by atoms with Crippen LogP contribution in [0.5, 0.6) is 11.5 Å². The van der Waals surface area contributed by atoms with Crippen LogP contribution < -0.4 is 14.8 Å². The summed E-state index contributed by atoms with van der Waals surface area (Å²) in [6.07, 6.45) is 4.78. The van der Waals surface area contributed by atoms with Crippen molar-refractivity contribution in [2.24, 2.45) is 0 Å². The van der Waals surface area contributed by atoms with Crippen LogP contribution in [0, 0.1) is 0 Å². The molecular weight excluding hydrogens is 394 g/mol. The van der Waals surface area contributed by atoms with E-state index in [4.69, 9.17) is 9.47 Å². The van der Waals surface area contributed by atoms with Gasteiger partial charge in [0.15, 0.2) is 16.6 Å². The van der Waals surface area contributed by atoms with Crippen LogP contribution in [0.4, 0.5) is 5.13 Å². The first-order chi connectivity index (χ1) is 14.1. The zero-order valence-electron chi connectivity index (χ0n) is 15.4. The predicted molar refractivity (Wildman–Crippen MR) is 108 cm³/mol. The molecule has 2 aromatic heterocycles. The van der Waals surface area contributed by atoms with Gasteiger partial charge in [0, 0.05) is 23.2 Å². The third kappa shape index (κ3) is 4.30. The van der Waals surface area contributed by atoms with Crippen molar-refractivity contribution in [1.82, 2.24) is 9.97 Å². The van der Waals surface area contributed by atoms with Gasteiger partial charge in [0.2, 0.25) is 5.91 Å². The largest absolute Gasteiger partial charge is 0.486 e. The predicted octanol–water partition coefficient (Wildman–Crippen LogP) is 3.35. The van der Waals surface area contributed by atoms with E-state index < -0.39 is 5.97 Å². The van der Waals surface area contributed by atoms with E-state index in [2.05, 4.69) is 20.0 Å². The van der Waals surface area contributed by atoms with Crippen LogP contribution in [0.15, 0.2) is 41.9 Å². The second-order valence-corrected chi connectivity index (χ2v) is 6.92. The zero-order chi connectivity index (χ0) is 20.2. The molecule has 0 bridgehead atoms. The normalized spacial score (nSPS) is 12.7. The molecule has 1 amide bonds. The van der Waals surface area contributed by atoms with E-state index in [9.17, 15) is 9.59 Å². The Kier molecular flexibility index (Phi) is 5.30. The lowest BCUT2D eigenvalue weighted by atomic mass is 10.2. The summed E-state index contributed by atoms with van der Waals surface area (Å²) in [6, 6.07) is 7.14. The van der Waals surface area contributed by atoms with Gasteiger partial charge in [-0.15, -0.1) is 11.3 Å². The maximum atomic E-state index is 12.2. The topological polar surface area (TPSA) is 103 Å². The number of H-pyrrole nitrogens is 1. The molecule has 0 fully saturated rings. The van der Waals surface area contributed by atoms with Crippen molar-refractivity contribution >= 4 is 34.4 Å². The first kappa shape index (κ1) is 18.8. The molecule has 1 aromatic carbocycles. The number of methoxy groups -OCH3 is 1. The molecule has 3 heterocycles. The van der Waals surface area contributed by atoms with E-state index >= 15 is 0 Å². The number of benzene rings is 1. The SMILES string of the molecule is COC(=O)c1cc(-c2csc(NC(=O)C=Cc3ccc4c(c3)OCCO4)n2)c[nH]1. The molecule has 0 saturated carbocycles. The summed E-state index contributed by atoms with van der Waals surface area (Å²) < 4.78 is 15.7. The van der Waals surface area contributed by atoms with Crippen LogP contribution in [0.3, 0.4) is 0 Å². The average molecular weight is 411 g/mol. The molecular formula is C20H17N3O5S. The molecule has 4 rings (SSSR count). The van der Waals surface area contributed by atoms with Crippen LogP contribution in [-0.4, -0.2) is 42.2 Å². The number of rotatable bonds is 5. The highest BCUT2D eigenvalue weighted by molar-refractivity contribution is 7.14. The number of amides is 1. The van der Waals surface area contributed by atoms with E-state index in [1.54, 1.807) is 23.7 Å². The van der Waals surface area contributed by atoms with Crippen molar-refractivity contribution in [3.63, 3.8) is 0 Å². The van der Waals surface area contributed by atoms with Crippen LogP contribution in [0.25, 0.3) is 17.3 Å². The molecule has 1 aliphatic rings. The standard InChI is InChI=1S/C20H17N3O5S/c1-26-19(25)14-9-13(10-21-14)15-11-29-20(22-15)23-18(24)5-3-12-2-4-16-17(8-12)28-7-6-27-16/h2-5,8-11,21H,6-7H2,1H3,(H,22,23,24). The monoisotopic (exact) mass is 411 g/mol. The average Bonchev–Trinajstić information content (AvgIpc) is 3.41. The van der Waals surface area contributed by atoms with Crippen LogP contribution >= 0.6 is 11.3 Å². The summed E-state index contributed by atoms with van der Waals surface area (Å²) in [5.41, 5.74) is 2.54. The Balaban J connectivity index is 1.39. The quantitative estimate of drug-likeness (QED) is 0.493. The van der Waals surface area contributed by atoms with Gasteiger partial charge in [-0.25, -0.2) is 9.78 Å². The van der Waals surface area contributed by atoms with E-state index in [1.165, 1.54) is 24.5 Å². The third-order valence-electron chi connectivity index (χ3n) is 4.11. The van der Waals surface area contributed by atoms with Crippen LogP contribution in [-0.2, 0) is 9.53 Å². The van der Waals surface area contributed by atoms with E-state index in [1.807, 2.05) is 18.2 Å². The minimum Gasteiger partial charge on any atom is -0.486 e. The summed E-state index contributed by atoms with van der Waals surface area (Å²) >= 11 is 1.29. The number of carbonyl (C=O) groups is 2. The number of hydrogen-bond acceptors (Lipinski definition) is 7. The van der Waals surface area contributed by atoms with Gasteiger partial charge < -0.3 is 19.2 Å². The fourth-order valence-electron chi connectivity index (χ4n) is 2.72. The molecule has 2 N–H and O–H groups in total. The van der Waals surface area contributed by atoms with Crippen molar-refractivity contribution in [2.75, 3.05) is 25.6 Å². The lowest BCUT2D eigenvalue weighted by molar-refractivity contribution is -0.111. The Bertz CT molecular complexity index is 1090. The molecule has 9 heteroatoms. The van der Waals surface area contributed by atoms with Crippen molar-refractivity contribution in [2.45, 2.75) is 0 Å². The number of carbonyl (C=O) groups excluding carboxylic acids is 2. The molecule has 0 saturated heterocycles. The fraction of sp³-hybridized carbons (Fsp3) is 0.150. The molecule has 0 aliphatic carbocycles. The number of fused-ring (bicyclic) bond motifs is 1. The van der Waals surface area contributed by atoms with Gasteiger partial charge in [0.05, 0.1) is 12.8 Å². The van der Waals surface area contributed by atoms with Gasteiger partial charge >= 0.3 is 5.97 Å². The first-order valence-corrected chi connectivity index (χ1v) is 9.62. The number of hydrogen-bond donors (Lipinski definition) is 2. The number of esters is 1. The highest BCUT2D eigenvalue weighted by Gasteiger charge is 2.13. The van der Waals surface area contributed by atoms with E-state index in [0.29, 0.717) is 41.2 Å². The third-order valence-corrected chi connectivity index (χ3v) is 4.87. The Morgan fingerprint density at radius 1 is 1.24 bits per heavy atom. The van der Waals surface area contributed by atoms with Gasteiger partial charge in [-0.1, -0.05) is 6.07 Å². The molecule has 3 aromatic rings. The zero-order valence-corrected chi connectivity index (χ0v) is 16.2. The molecule has 0 unspecified atom stereocenters. The molecule has 0 radical (unpaired) electrons. The van der Waals surface area contributed by atoms with Crippen molar-refractivity contribution in [1.29, 1.82) is 0 Å². The Morgan fingerprint density at radius 2 is 2.07 bits per heavy atom. The number of ether oxygens (including phenoxy) is 3. The van der Waals surface area contributed by atoms with Gasteiger partial charge in [-0.2, -0.15) is 0 Å². The molecule has 1 aliphatic heterocycles. The second-order valence-electron chi connectivity index (χ2n) is 6.06. The lowest BCUT2D eigenvalue weighted by Gasteiger charge is -2.18. The van der Waals surface area contributed by atoms with Crippen molar-refractivity contribution in [3.05, 3.63) is 53.2 Å². The van der Waals surface area contributed by atoms with Crippen molar-refractivity contribution < 1.29 is 23.8 Å². The number of anilines is 1. The highest BCUT2D eigenvalue weighted by atomic mass is 32.1. The van der Waals surface area contributed by atoms with Gasteiger partial charge in [-0.3, -0.25) is 10.1 Å². The molecule has 29 heavy (non-hydrogen) atoms. The summed E-state index contributed by atoms with van der Waals surface area (Å²) in [5.74, 6) is 0.615. The number of thiazole rings is 1. The molecule has 148 valence electrons.